The third kappa shape index (κ3) is 11.7. The van der Waals surface area contributed by atoms with Crippen molar-refractivity contribution in [2.75, 3.05) is 55.2 Å². The Kier molecular flexibility index (Phi) is 18.3. The smallest absolute Gasteiger partial charge is 0.203 e. The lowest BCUT2D eigenvalue weighted by Gasteiger charge is -2.21. The zero-order valence-corrected chi connectivity index (χ0v) is 33.6. The van der Waals surface area contributed by atoms with E-state index in [4.69, 9.17) is 23.7 Å². The highest BCUT2D eigenvalue weighted by atomic mass is 16.5. The molecule has 0 amide bonds. The Hall–Kier alpha value is -3.64. The normalized spacial score (nSPS) is 11.7. The van der Waals surface area contributed by atoms with Crippen LogP contribution in [0, 0.1) is 5.92 Å². The Morgan fingerprint density at radius 3 is 1.63 bits per heavy atom. The lowest BCUT2D eigenvalue weighted by atomic mass is 9.97. The van der Waals surface area contributed by atoms with Crippen LogP contribution in [0.4, 0.5) is 0 Å². The molecule has 6 nitrogen and oxygen atoms in total. The average molecular weight is 702 g/mol. The van der Waals surface area contributed by atoms with Crippen LogP contribution in [-0.4, -0.2) is 60.1 Å². The molecule has 0 aromatic heterocycles. The summed E-state index contributed by atoms with van der Waals surface area (Å²) in [4.78, 5) is 2.62. The molecule has 0 aliphatic heterocycles. The van der Waals surface area contributed by atoms with Crippen molar-refractivity contribution in [1.29, 1.82) is 0 Å². The number of ether oxygens (including phenoxy) is 5. The summed E-state index contributed by atoms with van der Waals surface area (Å²) in [6.07, 6.45) is 13.0. The molecule has 6 heteroatoms. The predicted molar refractivity (Wildman–Crippen MR) is 217 cm³/mol. The molecule has 4 aromatic rings. The second kappa shape index (κ2) is 22.3. The second-order valence-corrected chi connectivity index (χ2v) is 13.8. The molecule has 0 radical (unpaired) electrons. The second-order valence-electron chi connectivity index (χ2n) is 13.8. The lowest BCUT2D eigenvalue weighted by Crippen LogP contribution is -2.27. The van der Waals surface area contributed by atoms with E-state index in [9.17, 15) is 0 Å². The van der Waals surface area contributed by atoms with Crippen molar-refractivity contribution >= 4 is 21.5 Å². The number of unbranched alkanes of at least 4 members (excludes halogenated alkanes) is 1. The molecular weight excluding hydrogens is 634 g/mol. The Morgan fingerprint density at radius 1 is 0.529 bits per heavy atom. The first-order valence-electron chi connectivity index (χ1n) is 19.4. The van der Waals surface area contributed by atoms with Gasteiger partial charge in [-0.1, -0.05) is 84.6 Å². The summed E-state index contributed by atoms with van der Waals surface area (Å²) in [6.45, 7) is 14.9. The predicted octanol–water partition coefficient (Wildman–Crippen LogP) is 11.5. The van der Waals surface area contributed by atoms with Crippen molar-refractivity contribution in [3.8, 4) is 28.7 Å². The maximum Gasteiger partial charge on any atom is 0.203 e. The summed E-state index contributed by atoms with van der Waals surface area (Å²) in [5.41, 5.74) is 3.92. The third-order valence-corrected chi connectivity index (χ3v) is 10.0. The SMILES string of the molecule is CCC(C)CCCc1ccc2cc(OC)c(OC)c(OC)c2c1.CCCCN(CCC)CCCc1ccc2cc(OC)c(CCC)c(OC)c2c1. The summed E-state index contributed by atoms with van der Waals surface area (Å²) in [7, 11) is 8.48. The number of benzene rings is 4. The van der Waals surface area contributed by atoms with E-state index < -0.39 is 0 Å². The van der Waals surface area contributed by atoms with Crippen molar-refractivity contribution in [3.63, 3.8) is 0 Å². The molecule has 0 N–H and O–H groups in total. The molecule has 1 unspecified atom stereocenters. The molecule has 4 aromatic carbocycles. The van der Waals surface area contributed by atoms with E-state index in [1.54, 1.807) is 35.5 Å². The van der Waals surface area contributed by atoms with Gasteiger partial charge in [0.25, 0.3) is 0 Å². The van der Waals surface area contributed by atoms with Crippen LogP contribution < -0.4 is 23.7 Å². The van der Waals surface area contributed by atoms with Crippen molar-refractivity contribution < 1.29 is 23.7 Å². The number of aryl methyl sites for hydroxylation is 2. The van der Waals surface area contributed by atoms with Crippen molar-refractivity contribution in [2.45, 2.75) is 105 Å². The number of rotatable bonds is 21. The monoisotopic (exact) mass is 702 g/mol. The summed E-state index contributed by atoms with van der Waals surface area (Å²) >= 11 is 0. The molecule has 0 aliphatic carbocycles. The number of fused-ring (bicyclic) bond motifs is 2. The van der Waals surface area contributed by atoms with Gasteiger partial charge in [0.05, 0.1) is 35.5 Å². The fraction of sp³-hybridized carbons (Fsp3) is 0.556. The van der Waals surface area contributed by atoms with E-state index in [1.807, 2.05) is 6.07 Å². The first-order chi connectivity index (χ1) is 24.8. The molecule has 282 valence electrons. The van der Waals surface area contributed by atoms with E-state index in [1.165, 1.54) is 92.0 Å². The standard InChI is InChI=1S/C25H39NO2.C20H28O3/c1-6-9-16-26(15-8-3)17-10-12-20-13-14-21-19-24(27-4)22(11-7-2)25(28-5)23(21)18-20;1-6-14(2)8-7-9-15-10-11-16-13-18(21-3)20(23-5)19(22-4)17(16)12-15/h13-14,18-19H,6-12,15-17H2,1-5H3;10-14H,6-9H2,1-5H3. The zero-order valence-electron chi connectivity index (χ0n) is 33.6. The first kappa shape index (κ1) is 41.8. The highest BCUT2D eigenvalue weighted by Crippen LogP contribution is 2.43. The molecule has 0 saturated carbocycles. The van der Waals surface area contributed by atoms with Gasteiger partial charge in [0, 0.05) is 16.3 Å². The van der Waals surface area contributed by atoms with E-state index in [-0.39, 0.29) is 0 Å². The van der Waals surface area contributed by atoms with Gasteiger partial charge in [0.15, 0.2) is 11.5 Å². The van der Waals surface area contributed by atoms with Gasteiger partial charge in [0.1, 0.15) is 11.5 Å². The van der Waals surface area contributed by atoms with Crippen LogP contribution in [0.1, 0.15) is 103 Å². The first-order valence-corrected chi connectivity index (χ1v) is 19.4. The quantitative estimate of drug-likeness (QED) is 0.0862. The highest BCUT2D eigenvalue weighted by molar-refractivity contribution is 5.94. The summed E-state index contributed by atoms with van der Waals surface area (Å²) in [5.74, 6) is 4.80. The van der Waals surface area contributed by atoms with Crippen LogP contribution in [0.5, 0.6) is 28.7 Å². The van der Waals surface area contributed by atoms with Gasteiger partial charge in [0.2, 0.25) is 5.75 Å². The van der Waals surface area contributed by atoms with Crippen LogP contribution in [0.15, 0.2) is 48.5 Å². The van der Waals surface area contributed by atoms with E-state index >= 15 is 0 Å². The molecule has 0 fully saturated rings. The molecule has 0 spiro atoms. The van der Waals surface area contributed by atoms with Crippen molar-refractivity contribution in [2.24, 2.45) is 5.92 Å². The van der Waals surface area contributed by atoms with E-state index in [0.717, 1.165) is 59.6 Å². The number of hydrogen-bond acceptors (Lipinski definition) is 6. The minimum absolute atomic E-state index is 0.652. The van der Waals surface area contributed by atoms with Crippen molar-refractivity contribution in [3.05, 3.63) is 65.2 Å². The molecule has 0 saturated heterocycles. The van der Waals surface area contributed by atoms with Gasteiger partial charge in [-0.15, -0.1) is 0 Å². The summed E-state index contributed by atoms with van der Waals surface area (Å²) < 4.78 is 28.0. The maximum atomic E-state index is 5.84. The largest absolute Gasteiger partial charge is 0.496 e. The topological polar surface area (TPSA) is 49.4 Å². The molecule has 51 heavy (non-hydrogen) atoms. The zero-order chi connectivity index (χ0) is 37.2. The Bertz CT molecular complexity index is 1620. The highest BCUT2D eigenvalue weighted by Gasteiger charge is 2.17. The van der Waals surface area contributed by atoms with Gasteiger partial charge in [-0.2, -0.15) is 0 Å². The Morgan fingerprint density at radius 2 is 1.10 bits per heavy atom. The molecule has 0 bridgehead atoms. The van der Waals surface area contributed by atoms with Gasteiger partial charge in [-0.25, -0.2) is 0 Å². The minimum atomic E-state index is 0.652. The number of nitrogens with zero attached hydrogens (tertiary/aromatic N) is 1. The van der Waals surface area contributed by atoms with E-state index in [0.29, 0.717) is 11.5 Å². The Balaban J connectivity index is 0.000000281. The van der Waals surface area contributed by atoms with Crippen LogP contribution in [0.2, 0.25) is 0 Å². The maximum absolute atomic E-state index is 5.84. The number of hydrogen-bond donors (Lipinski definition) is 0. The molecular formula is C45H67NO5. The molecule has 4 rings (SSSR count). The van der Waals surface area contributed by atoms with Gasteiger partial charge < -0.3 is 28.6 Å². The lowest BCUT2D eigenvalue weighted by molar-refractivity contribution is 0.267. The van der Waals surface area contributed by atoms with Crippen LogP contribution >= 0.6 is 0 Å². The van der Waals surface area contributed by atoms with Crippen molar-refractivity contribution in [1.82, 2.24) is 4.90 Å². The average Bonchev–Trinajstić information content (AvgIpc) is 3.15. The molecule has 0 heterocycles. The van der Waals surface area contributed by atoms with Gasteiger partial charge >= 0.3 is 0 Å². The van der Waals surface area contributed by atoms with Gasteiger partial charge in [-0.3, -0.25) is 0 Å². The van der Waals surface area contributed by atoms with E-state index in [2.05, 4.69) is 82.0 Å². The van der Waals surface area contributed by atoms with Crippen LogP contribution in [-0.2, 0) is 19.3 Å². The van der Waals surface area contributed by atoms with Crippen LogP contribution in [0.25, 0.3) is 21.5 Å². The number of methoxy groups -OCH3 is 5. The van der Waals surface area contributed by atoms with Crippen LogP contribution in [0.3, 0.4) is 0 Å². The summed E-state index contributed by atoms with van der Waals surface area (Å²) in [6, 6.07) is 17.5. The van der Waals surface area contributed by atoms with Gasteiger partial charge in [-0.05, 0) is 117 Å². The Labute approximate surface area is 309 Å². The molecule has 1 atom stereocenters. The molecule has 0 aliphatic rings. The minimum Gasteiger partial charge on any atom is -0.496 e. The third-order valence-electron chi connectivity index (χ3n) is 10.0. The fourth-order valence-electron chi connectivity index (χ4n) is 6.96. The fourth-order valence-corrected chi connectivity index (χ4v) is 6.96. The summed E-state index contributed by atoms with van der Waals surface area (Å²) in [5, 5.41) is 4.57.